The van der Waals surface area contributed by atoms with Gasteiger partial charge in [-0.2, -0.15) is 0 Å². The highest BCUT2D eigenvalue weighted by molar-refractivity contribution is 5.85. The molecule has 0 aliphatic carbocycles. The quantitative estimate of drug-likeness (QED) is 0.358. The van der Waals surface area contributed by atoms with E-state index < -0.39 is 17.5 Å². The van der Waals surface area contributed by atoms with E-state index in [0.717, 1.165) is 11.6 Å². The summed E-state index contributed by atoms with van der Waals surface area (Å²) in [6, 6.07) is 12.4. The molecule has 0 heterocycles. The molecule has 0 bridgehead atoms. The smallest absolute Gasteiger partial charge is 0.350 e. The van der Waals surface area contributed by atoms with Gasteiger partial charge in [0.05, 0.1) is 7.11 Å². The van der Waals surface area contributed by atoms with Crippen molar-refractivity contribution < 1.29 is 33.6 Å². The van der Waals surface area contributed by atoms with Gasteiger partial charge in [0.15, 0.2) is 17.1 Å². The highest BCUT2D eigenvalue weighted by atomic mass is 16.6. The number of methoxy groups -OCH3 is 1. The van der Waals surface area contributed by atoms with E-state index in [1.807, 2.05) is 19.1 Å². The molecule has 0 atom stereocenters. The van der Waals surface area contributed by atoms with Crippen molar-refractivity contribution in [3.63, 3.8) is 0 Å². The summed E-state index contributed by atoms with van der Waals surface area (Å²) in [5, 5.41) is 8.70. The van der Waals surface area contributed by atoms with Crippen LogP contribution in [-0.4, -0.2) is 43.0 Å². The lowest BCUT2D eigenvalue weighted by Gasteiger charge is -2.24. The van der Waals surface area contributed by atoms with Crippen molar-refractivity contribution in [2.24, 2.45) is 0 Å². The summed E-state index contributed by atoms with van der Waals surface area (Å²) in [6.45, 7) is 5.40. The van der Waals surface area contributed by atoms with Gasteiger partial charge in [-0.3, -0.25) is 0 Å². The van der Waals surface area contributed by atoms with Crippen LogP contribution in [0.4, 0.5) is 0 Å². The van der Waals surface area contributed by atoms with Crippen LogP contribution < -0.4 is 14.2 Å². The lowest BCUT2D eigenvalue weighted by molar-refractivity contribution is -0.160. The first-order valence-electron chi connectivity index (χ1n) is 9.36. The first-order chi connectivity index (χ1) is 14.2. The number of rotatable bonds is 10. The summed E-state index contributed by atoms with van der Waals surface area (Å²) in [6.07, 6.45) is 2.49. The van der Waals surface area contributed by atoms with Crippen molar-refractivity contribution in [1.29, 1.82) is 0 Å². The van der Waals surface area contributed by atoms with Gasteiger partial charge < -0.3 is 24.1 Å². The Morgan fingerprint density at radius 1 is 1.03 bits per heavy atom. The number of esters is 1. The normalized spacial score (nSPS) is 11.2. The highest BCUT2D eigenvalue weighted by Gasteiger charge is 2.31. The van der Waals surface area contributed by atoms with Gasteiger partial charge in [-0.25, -0.2) is 9.59 Å². The van der Waals surface area contributed by atoms with Gasteiger partial charge in [0, 0.05) is 6.08 Å². The Kier molecular flexibility index (Phi) is 7.86. The van der Waals surface area contributed by atoms with Gasteiger partial charge in [-0.05, 0) is 56.7 Å². The van der Waals surface area contributed by atoms with Crippen LogP contribution in [0.25, 0.3) is 6.08 Å². The summed E-state index contributed by atoms with van der Waals surface area (Å²) in [4.78, 5) is 23.0. The van der Waals surface area contributed by atoms with Gasteiger partial charge in [0.2, 0.25) is 0 Å². The predicted molar refractivity (Wildman–Crippen MR) is 112 cm³/mol. The Labute approximate surface area is 175 Å². The number of hydrogen-bond donors (Lipinski definition) is 1. The largest absolute Gasteiger partial charge is 0.493 e. The van der Waals surface area contributed by atoms with Crippen LogP contribution in [0.15, 0.2) is 48.5 Å². The van der Waals surface area contributed by atoms with E-state index >= 15 is 0 Å². The van der Waals surface area contributed by atoms with Gasteiger partial charge in [-0.1, -0.05) is 23.8 Å². The maximum Gasteiger partial charge on any atom is 0.350 e. The van der Waals surface area contributed by atoms with E-state index in [2.05, 4.69) is 0 Å². The summed E-state index contributed by atoms with van der Waals surface area (Å²) >= 11 is 0. The van der Waals surface area contributed by atoms with Crippen molar-refractivity contribution in [2.45, 2.75) is 26.4 Å². The molecular weight excluding hydrogens is 388 g/mol. The lowest BCUT2D eigenvalue weighted by atomic mass is 10.1. The van der Waals surface area contributed by atoms with E-state index in [-0.39, 0.29) is 13.2 Å². The average molecular weight is 414 g/mol. The number of carbonyl (C=O) groups excluding carboxylic acids is 1. The molecule has 2 aromatic rings. The van der Waals surface area contributed by atoms with Crippen molar-refractivity contribution in [1.82, 2.24) is 0 Å². The monoisotopic (exact) mass is 414 g/mol. The van der Waals surface area contributed by atoms with Crippen LogP contribution in [0.3, 0.4) is 0 Å². The Hall–Kier alpha value is -3.48. The fraction of sp³-hybridized carbons (Fsp3) is 0.304. The summed E-state index contributed by atoms with van der Waals surface area (Å²) in [5.41, 5.74) is 0.606. The minimum Gasteiger partial charge on any atom is -0.493 e. The van der Waals surface area contributed by atoms with E-state index in [9.17, 15) is 9.59 Å². The van der Waals surface area contributed by atoms with Gasteiger partial charge >= 0.3 is 11.9 Å². The molecule has 30 heavy (non-hydrogen) atoms. The molecule has 0 spiro atoms. The Balaban J connectivity index is 1.86. The van der Waals surface area contributed by atoms with Gasteiger partial charge in [0.25, 0.3) is 0 Å². The molecule has 0 amide bonds. The van der Waals surface area contributed by atoms with Crippen LogP contribution in [0.5, 0.6) is 17.2 Å². The summed E-state index contributed by atoms with van der Waals surface area (Å²) in [7, 11) is 1.48. The number of hydrogen-bond acceptors (Lipinski definition) is 6. The molecule has 2 rings (SSSR count). The van der Waals surface area contributed by atoms with Crippen molar-refractivity contribution >= 4 is 18.0 Å². The fourth-order valence-electron chi connectivity index (χ4n) is 2.48. The zero-order valence-electron chi connectivity index (χ0n) is 17.5. The average Bonchev–Trinajstić information content (AvgIpc) is 2.71. The first-order valence-corrected chi connectivity index (χ1v) is 9.36. The third-order valence-corrected chi connectivity index (χ3v) is 4.07. The molecule has 1 N–H and O–H groups in total. The van der Waals surface area contributed by atoms with Crippen molar-refractivity contribution in [3.8, 4) is 17.2 Å². The molecular formula is C23H26O7. The van der Waals surface area contributed by atoms with Crippen LogP contribution in [-0.2, 0) is 14.3 Å². The van der Waals surface area contributed by atoms with Crippen LogP contribution in [0.1, 0.15) is 25.0 Å². The van der Waals surface area contributed by atoms with E-state index in [4.69, 9.17) is 24.1 Å². The van der Waals surface area contributed by atoms with Crippen molar-refractivity contribution in [2.75, 3.05) is 20.3 Å². The second kappa shape index (κ2) is 10.3. The molecule has 0 aliphatic rings. The molecule has 2 aromatic carbocycles. The molecule has 160 valence electrons. The topological polar surface area (TPSA) is 91.3 Å². The van der Waals surface area contributed by atoms with Crippen molar-refractivity contribution in [3.05, 3.63) is 59.7 Å². The summed E-state index contributed by atoms with van der Waals surface area (Å²) < 4.78 is 21.9. The first kappa shape index (κ1) is 22.8. The number of ether oxygens (including phenoxy) is 4. The standard InChI is InChI=1S/C23H26O7/c1-16-5-9-18(10-6-16)30-23(2,3)22(26)29-14-13-28-19-11-7-17(8-12-21(24)25)15-20(19)27-4/h5-12,15H,13-14H2,1-4H3,(H,24,25)/b12-8+. The molecule has 0 saturated carbocycles. The number of carboxylic acids is 1. The fourth-order valence-corrected chi connectivity index (χ4v) is 2.48. The molecule has 0 radical (unpaired) electrons. The van der Waals surface area contributed by atoms with E-state index in [1.165, 1.54) is 13.2 Å². The zero-order valence-corrected chi connectivity index (χ0v) is 17.5. The third-order valence-electron chi connectivity index (χ3n) is 4.07. The molecule has 0 fully saturated rings. The second-order valence-electron chi connectivity index (χ2n) is 6.99. The third kappa shape index (κ3) is 6.84. The van der Waals surface area contributed by atoms with Crippen LogP contribution >= 0.6 is 0 Å². The maximum atomic E-state index is 12.4. The lowest BCUT2D eigenvalue weighted by Crippen LogP contribution is -2.40. The van der Waals surface area contributed by atoms with Gasteiger partial charge in [-0.15, -0.1) is 0 Å². The number of aliphatic carboxylic acids is 1. The maximum absolute atomic E-state index is 12.4. The molecule has 0 aliphatic heterocycles. The van der Waals surface area contributed by atoms with E-state index in [0.29, 0.717) is 22.8 Å². The molecule has 7 nitrogen and oxygen atoms in total. The number of benzene rings is 2. The summed E-state index contributed by atoms with van der Waals surface area (Å²) in [5.74, 6) is -0.0631. The number of carbonyl (C=O) groups is 2. The minimum atomic E-state index is -1.15. The van der Waals surface area contributed by atoms with Crippen LogP contribution in [0, 0.1) is 6.92 Å². The molecule has 0 unspecified atom stereocenters. The Morgan fingerprint density at radius 3 is 2.37 bits per heavy atom. The number of carboxylic acid groups (broad SMARTS) is 1. The zero-order chi connectivity index (χ0) is 22.1. The van der Waals surface area contributed by atoms with E-state index in [1.54, 1.807) is 44.2 Å². The number of aryl methyl sites for hydroxylation is 1. The Morgan fingerprint density at radius 2 is 1.73 bits per heavy atom. The molecule has 0 saturated heterocycles. The van der Waals surface area contributed by atoms with Crippen LogP contribution in [0.2, 0.25) is 0 Å². The highest BCUT2D eigenvalue weighted by Crippen LogP contribution is 2.28. The molecule has 0 aromatic heterocycles. The Bertz CT molecular complexity index is 898. The van der Waals surface area contributed by atoms with Gasteiger partial charge in [0.1, 0.15) is 19.0 Å². The molecule has 7 heteroatoms. The second-order valence-corrected chi connectivity index (χ2v) is 6.99. The minimum absolute atomic E-state index is 0.0311. The predicted octanol–water partition coefficient (Wildman–Crippen LogP) is 3.88. The SMILES string of the molecule is COc1cc(/C=C/C(=O)O)ccc1OCCOC(=O)C(C)(C)Oc1ccc(C)cc1.